The molecule has 0 aliphatic heterocycles. The van der Waals surface area contributed by atoms with Gasteiger partial charge in [0.15, 0.2) is 0 Å². The van der Waals surface area contributed by atoms with E-state index in [0.717, 1.165) is 0 Å². The lowest BCUT2D eigenvalue weighted by Crippen LogP contribution is -2.44. The fourth-order valence-electron chi connectivity index (χ4n) is 0.714. The number of carboxylic acid groups (broad SMARTS) is 2. The SMILES string of the molecule is CC(N)(CCCC(=O)O)C(=O)O. The topological polar surface area (TPSA) is 101 Å². The van der Waals surface area contributed by atoms with Crippen LogP contribution in [0.15, 0.2) is 0 Å². The number of carbonyl (C=O) groups is 2. The summed E-state index contributed by atoms with van der Waals surface area (Å²) in [5, 5.41) is 16.8. The third kappa shape index (κ3) is 3.92. The van der Waals surface area contributed by atoms with Crippen LogP contribution in [0.1, 0.15) is 26.2 Å². The minimum atomic E-state index is -1.31. The maximum atomic E-state index is 10.4. The molecule has 0 bridgehead atoms. The summed E-state index contributed by atoms with van der Waals surface area (Å²) >= 11 is 0. The van der Waals surface area contributed by atoms with Crippen molar-refractivity contribution in [1.29, 1.82) is 0 Å². The molecule has 0 saturated carbocycles. The first-order chi connectivity index (χ1) is 5.36. The summed E-state index contributed by atoms with van der Waals surface area (Å²) in [5.41, 5.74) is 4.04. The van der Waals surface area contributed by atoms with Crippen molar-refractivity contribution in [2.45, 2.75) is 31.7 Å². The van der Waals surface area contributed by atoms with Crippen molar-refractivity contribution in [2.24, 2.45) is 5.73 Å². The Morgan fingerprint density at radius 3 is 2.25 bits per heavy atom. The van der Waals surface area contributed by atoms with Gasteiger partial charge in [0, 0.05) is 6.42 Å². The van der Waals surface area contributed by atoms with E-state index in [9.17, 15) is 9.59 Å². The average molecular weight is 175 g/mol. The first kappa shape index (κ1) is 10.9. The summed E-state index contributed by atoms with van der Waals surface area (Å²) in [4.78, 5) is 20.5. The molecule has 0 aromatic carbocycles. The van der Waals surface area contributed by atoms with Crippen molar-refractivity contribution in [3.63, 3.8) is 0 Å². The highest BCUT2D eigenvalue weighted by molar-refractivity contribution is 5.77. The normalized spacial score (nSPS) is 15.2. The molecule has 0 saturated heterocycles. The summed E-state index contributed by atoms with van der Waals surface area (Å²) in [6, 6.07) is 0. The Morgan fingerprint density at radius 1 is 1.42 bits per heavy atom. The molecule has 0 rings (SSSR count). The lowest BCUT2D eigenvalue weighted by atomic mass is 9.96. The Labute approximate surface area is 70.2 Å². The monoisotopic (exact) mass is 175 g/mol. The molecule has 0 aliphatic rings. The molecule has 1 atom stereocenters. The van der Waals surface area contributed by atoms with Gasteiger partial charge in [-0.25, -0.2) is 0 Å². The van der Waals surface area contributed by atoms with E-state index in [0.29, 0.717) is 0 Å². The van der Waals surface area contributed by atoms with Crippen LogP contribution >= 0.6 is 0 Å². The van der Waals surface area contributed by atoms with Crippen LogP contribution < -0.4 is 5.73 Å². The second-order valence-corrected chi connectivity index (χ2v) is 2.97. The van der Waals surface area contributed by atoms with Gasteiger partial charge < -0.3 is 15.9 Å². The molecular weight excluding hydrogens is 162 g/mol. The van der Waals surface area contributed by atoms with E-state index < -0.39 is 17.5 Å². The summed E-state index contributed by atoms with van der Waals surface area (Å²) in [6.07, 6.45) is 0.420. The first-order valence-corrected chi connectivity index (χ1v) is 3.60. The zero-order valence-electron chi connectivity index (χ0n) is 6.91. The van der Waals surface area contributed by atoms with Gasteiger partial charge in [0.25, 0.3) is 0 Å². The second kappa shape index (κ2) is 4.06. The largest absolute Gasteiger partial charge is 0.481 e. The molecule has 0 fully saturated rings. The van der Waals surface area contributed by atoms with Gasteiger partial charge >= 0.3 is 11.9 Å². The van der Waals surface area contributed by atoms with Crippen LogP contribution in [-0.4, -0.2) is 27.7 Å². The lowest BCUT2D eigenvalue weighted by molar-refractivity contribution is -0.143. The van der Waals surface area contributed by atoms with Gasteiger partial charge in [0.05, 0.1) is 0 Å². The molecule has 0 aliphatic carbocycles. The Morgan fingerprint density at radius 2 is 1.92 bits per heavy atom. The molecule has 12 heavy (non-hydrogen) atoms. The predicted molar refractivity (Wildman–Crippen MR) is 41.7 cm³/mol. The van der Waals surface area contributed by atoms with Gasteiger partial charge in [-0.05, 0) is 19.8 Å². The van der Waals surface area contributed by atoms with E-state index in [1.807, 2.05) is 0 Å². The van der Waals surface area contributed by atoms with Crippen LogP contribution in [-0.2, 0) is 9.59 Å². The Hall–Kier alpha value is -1.10. The van der Waals surface area contributed by atoms with E-state index in [2.05, 4.69) is 0 Å². The van der Waals surface area contributed by atoms with Crippen molar-refractivity contribution < 1.29 is 19.8 Å². The lowest BCUT2D eigenvalue weighted by Gasteiger charge is -2.17. The molecule has 5 heteroatoms. The molecule has 0 aromatic heterocycles. The maximum Gasteiger partial charge on any atom is 0.323 e. The molecule has 70 valence electrons. The van der Waals surface area contributed by atoms with Gasteiger partial charge in [-0.3, -0.25) is 9.59 Å². The highest BCUT2D eigenvalue weighted by Crippen LogP contribution is 2.10. The van der Waals surface area contributed by atoms with Crippen molar-refractivity contribution in [3.8, 4) is 0 Å². The predicted octanol–water partition coefficient (Wildman–Crippen LogP) is 0.0433. The molecule has 5 nitrogen and oxygen atoms in total. The molecule has 0 amide bonds. The molecule has 1 unspecified atom stereocenters. The summed E-state index contributed by atoms with van der Waals surface area (Å²) in [5.74, 6) is -2.04. The van der Waals surface area contributed by atoms with Crippen molar-refractivity contribution in [2.75, 3.05) is 0 Å². The number of aliphatic carboxylic acids is 2. The van der Waals surface area contributed by atoms with Crippen LogP contribution in [0.2, 0.25) is 0 Å². The average Bonchev–Trinajstić information content (AvgIpc) is 1.85. The van der Waals surface area contributed by atoms with Crippen LogP contribution in [0.5, 0.6) is 0 Å². The van der Waals surface area contributed by atoms with Gasteiger partial charge in [0.2, 0.25) is 0 Å². The molecule has 0 radical (unpaired) electrons. The minimum absolute atomic E-state index is 0.0416. The molecule has 4 N–H and O–H groups in total. The number of hydrogen-bond donors (Lipinski definition) is 3. The molecule has 0 spiro atoms. The fourth-order valence-corrected chi connectivity index (χ4v) is 0.714. The minimum Gasteiger partial charge on any atom is -0.481 e. The molecule has 0 aromatic rings. The Bertz CT molecular complexity index is 188. The van der Waals surface area contributed by atoms with Gasteiger partial charge in [-0.2, -0.15) is 0 Å². The Balaban J connectivity index is 3.76. The number of rotatable bonds is 5. The van der Waals surface area contributed by atoms with Crippen molar-refractivity contribution in [3.05, 3.63) is 0 Å². The Kier molecular flexibility index (Phi) is 3.69. The smallest absolute Gasteiger partial charge is 0.323 e. The van der Waals surface area contributed by atoms with E-state index in [-0.39, 0.29) is 19.3 Å². The first-order valence-electron chi connectivity index (χ1n) is 3.60. The van der Waals surface area contributed by atoms with Crippen LogP contribution in [0.3, 0.4) is 0 Å². The number of carboxylic acids is 2. The van der Waals surface area contributed by atoms with Gasteiger partial charge in [-0.1, -0.05) is 0 Å². The van der Waals surface area contributed by atoms with Crippen LogP contribution in [0.25, 0.3) is 0 Å². The van der Waals surface area contributed by atoms with Crippen molar-refractivity contribution in [1.82, 2.24) is 0 Å². The quantitative estimate of drug-likeness (QED) is 0.547. The van der Waals surface area contributed by atoms with E-state index >= 15 is 0 Å². The summed E-state index contributed by atoms with van der Waals surface area (Å²) < 4.78 is 0. The van der Waals surface area contributed by atoms with Crippen LogP contribution in [0, 0.1) is 0 Å². The maximum absolute atomic E-state index is 10.4. The zero-order valence-corrected chi connectivity index (χ0v) is 6.91. The third-order valence-corrected chi connectivity index (χ3v) is 1.58. The highest BCUT2D eigenvalue weighted by Gasteiger charge is 2.27. The highest BCUT2D eigenvalue weighted by atomic mass is 16.4. The fraction of sp³-hybridized carbons (Fsp3) is 0.714. The third-order valence-electron chi connectivity index (χ3n) is 1.58. The second-order valence-electron chi connectivity index (χ2n) is 2.97. The van der Waals surface area contributed by atoms with Gasteiger partial charge in [0.1, 0.15) is 5.54 Å². The summed E-state index contributed by atoms with van der Waals surface area (Å²) in [7, 11) is 0. The standard InChI is InChI=1S/C7H13NO4/c1-7(8,6(11)12)4-2-3-5(9)10/h2-4,8H2,1H3,(H,9,10)(H,11,12). The number of nitrogens with two attached hydrogens (primary N) is 1. The van der Waals surface area contributed by atoms with Crippen LogP contribution in [0.4, 0.5) is 0 Å². The molecule has 0 heterocycles. The number of hydrogen-bond acceptors (Lipinski definition) is 3. The van der Waals surface area contributed by atoms with E-state index in [1.54, 1.807) is 0 Å². The van der Waals surface area contributed by atoms with E-state index in [4.69, 9.17) is 15.9 Å². The zero-order chi connectivity index (χ0) is 9.78. The van der Waals surface area contributed by atoms with Gasteiger partial charge in [-0.15, -0.1) is 0 Å². The summed E-state index contributed by atoms with van der Waals surface area (Å²) in [6.45, 7) is 1.37. The van der Waals surface area contributed by atoms with Crippen molar-refractivity contribution >= 4 is 11.9 Å². The van der Waals surface area contributed by atoms with E-state index in [1.165, 1.54) is 6.92 Å². The molecular formula is C7H13NO4.